The highest BCUT2D eigenvalue weighted by molar-refractivity contribution is 5.45. The lowest BCUT2D eigenvalue weighted by molar-refractivity contribution is 0.697. The van der Waals surface area contributed by atoms with Crippen LogP contribution in [-0.2, 0) is 0 Å². The van der Waals surface area contributed by atoms with Gasteiger partial charge in [-0.15, -0.1) is 0 Å². The smallest absolute Gasteiger partial charge is 0.0393 e. The molecular weight excluding hydrogens is 172 g/mol. The van der Waals surface area contributed by atoms with Crippen LogP contribution in [0.5, 0.6) is 0 Å². The zero-order valence-electron chi connectivity index (χ0n) is 8.53. The summed E-state index contributed by atoms with van der Waals surface area (Å²) >= 11 is 0. The van der Waals surface area contributed by atoms with Crippen molar-refractivity contribution in [1.82, 2.24) is 4.98 Å². The molecule has 0 amide bonds. The Morgan fingerprint density at radius 2 is 2.29 bits per heavy atom. The van der Waals surface area contributed by atoms with Gasteiger partial charge in [0.2, 0.25) is 0 Å². The highest BCUT2D eigenvalue weighted by Crippen LogP contribution is 2.51. The summed E-state index contributed by atoms with van der Waals surface area (Å²) in [5.41, 5.74) is 2.34. The van der Waals surface area contributed by atoms with E-state index in [4.69, 9.17) is 0 Å². The molecule has 0 spiro atoms. The number of aryl methyl sites for hydroxylation is 1. The zero-order chi connectivity index (χ0) is 9.54. The second kappa shape index (κ2) is 2.97. The molecule has 0 bridgehead atoms. The van der Waals surface area contributed by atoms with E-state index in [1.807, 2.05) is 13.1 Å². The van der Waals surface area contributed by atoms with Gasteiger partial charge in [0, 0.05) is 23.6 Å². The Labute approximate surface area is 84.7 Å². The molecule has 2 fully saturated rings. The molecule has 1 heterocycles. The first kappa shape index (κ1) is 8.27. The number of hydrogen-bond acceptors (Lipinski definition) is 2. The van der Waals surface area contributed by atoms with Crippen LogP contribution in [0.25, 0.3) is 0 Å². The summed E-state index contributed by atoms with van der Waals surface area (Å²) < 4.78 is 0. The van der Waals surface area contributed by atoms with Crippen LogP contribution in [0.2, 0.25) is 0 Å². The highest BCUT2D eigenvalue weighted by Gasteiger charge is 2.47. The van der Waals surface area contributed by atoms with E-state index < -0.39 is 0 Å². The van der Waals surface area contributed by atoms with Crippen molar-refractivity contribution in [2.45, 2.75) is 32.2 Å². The van der Waals surface area contributed by atoms with Crippen molar-refractivity contribution in [2.75, 3.05) is 5.32 Å². The standard InChI is InChI=1S/C12H16N2/c1-8-6-10(4-5-13-8)14-12-7-11(12)9-2-3-9/h4-6,9,11-12H,2-3,7H2,1H3,(H,13,14). The van der Waals surface area contributed by atoms with Crippen LogP contribution in [0.15, 0.2) is 18.3 Å². The second-order valence-electron chi connectivity index (χ2n) is 4.67. The van der Waals surface area contributed by atoms with Crippen molar-refractivity contribution in [3.63, 3.8) is 0 Å². The third-order valence-corrected chi connectivity index (χ3v) is 3.32. The van der Waals surface area contributed by atoms with E-state index in [9.17, 15) is 0 Å². The molecule has 2 saturated carbocycles. The van der Waals surface area contributed by atoms with Crippen LogP contribution in [0.4, 0.5) is 5.69 Å². The van der Waals surface area contributed by atoms with Gasteiger partial charge in [-0.2, -0.15) is 0 Å². The molecule has 2 aliphatic carbocycles. The molecule has 74 valence electrons. The Bertz CT molecular complexity index is 344. The number of hydrogen-bond donors (Lipinski definition) is 1. The number of nitrogens with one attached hydrogen (secondary N) is 1. The molecular formula is C12H16N2. The molecule has 1 aromatic rings. The maximum absolute atomic E-state index is 4.19. The van der Waals surface area contributed by atoms with E-state index in [1.54, 1.807) is 0 Å². The van der Waals surface area contributed by atoms with Crippen molar-refractivity contribution < 1.29 is 0 Å². The Balaban J connectivity index is 1.62. The predicted octanol–water partition coefficient (Wildman–Crippen LogP) is 2.60. The van der Waals surface area contributed by atoms with E-state index in [0.717, 1.165) is 23.6 Å². The van der Waals surface area contributed by atoms with Crippen molar-refractivity contribution in [3.05, 3.63) is 24.0 Å². The summed E-state index contributed by atoms with van der Waals surface area (Å²) in [6.45, 7) is 2.04. The maximum atomic E-state index is 4.19. The van der Waals surface area contributed by atoms with E-state index in [-0.39, 0.29) is 0 Å². The van der Waals surface area contributed by atoms with Gasteiger partial charge in [0.25, 0.3) is 0 Å². The number of aromatic nitrogens is 1. The van der Waals surface area contributed by atoms with Gasteiger partial charge >= 0.3 is 0 Å². The zero-order valence-corrected chi connectivity index (χ0v) is 8.53. The van der Waals surface area contributed by atoms with Gasteiger partial charge in [-0.1, -0.05) is 0 Å². The molecule has 14 heavy (non-hydrogen) atoms. The molecule has 1 N–H and O–H groups in total. The summed E-state index contributed by atoms with van der Waals surface area (Å²) in [4.78, 5) is 4.19. The van der Waals surface area contributed by atoms with Crippen LogP contribution < -0.4 is 5.32 Å². The summed E-state index contributed by atoms with van der Waals surface area (Å²) in [7, 11) is 0. The Hall–Kier alpha value is -1.05. The summed E-state index contributed by atoms with van der Waals surface area (Å²) in [6, 6.07) is 4.95. The monoisotopic (exact) mass is 188 g/mol. The first-order chi connectivity index (χ1) is 6.83. The van der Waals surface area contributed by atoms with Gasteiger partial charge < -0.3 is 5.32 Å². The quantitative estimate of drug-likeness (QED) is 0.788. The number of nitrogens with zero attached hydrogens (tertiary/aromatic N) is 1. The summed E-state index contributed by atoms with van der Waals surface area (Å²) in [6.07, 6.45) is 6.20. The predicted molar refractivity (Wildman–Crippen MR) is 57.2 cm³/mol. The second-order valence-corrected chi connectivity index (χ2v) is 4.67. The van der Waals surface area contributed by atoms with Crippen LogP contribution in [0.3, 0.4) is 0 Å². The van der Waals surface area contributed by atoms with Crippen LogP contribution >= 0.6 is 0 Å². The molecule has 3 rings (SSSR count). The van der Waals surface area contributed by atoms with Gasteiger partial charge in [0.05, 0.1) is 0 Å². The fourth-order valence-electron chi connectivity index (χ4n) is 2.28. The molecule has 2 unspecified atom stereocenters. The lowest BCUT2D eigenvalue weighted by Gasteiger charge is -2.05. The first-order valence-corrected chi connectivity index (χ1v) is 5.52. The Morgan fingerprint density at radius 3 is 3.00 bits per heavy atom. The van der Waals surface area contributed by atoms with Crippen molar-refractivity contribution in [2.24, 2.45) is 11.8 Å². The molecule has 0 aliphatic heterocycles. The average Bonchev–Trinajstić information content (AvgIpc) is 2.96. The van der Waals surface area contributed by atoms with Crippen LogP contribution in [-0.4, -0.2) is 11.0 Å². The normalized spacial score (nSPS) is 30.1. The molecule has 2 nitrogen and oxygen atoms in total. The van der Waals surface area contributed by atoms with Gasteiger partial charge in [0.1, 0.15) is 0 Å². The molecule has 0 aromatic carbocycles. The highest BCUT2D eigenvalue weighted by atomic mass is 15.0. The third kappa shape index (κ3) is 1.61. The maximum Gasteiger partial charge on any atom is 0.0393 e. The van der Waals surface area contributed by atoms with Gasteiger partial charge in [-0.05, 0) is 50.2 Å². The largest absolute Gasteiger partial charge is 0.382 e. The summed E-state index contributed by atoms with van der Waals surface area (Å²) in [5, 5.41) is 3.59. The minimum atomic E-state index is 0.754. The minimum absolute atomic E-state index is 0.754. The fraction of sp³-hybridized carbons (Fsp3) is 0.583. The summed E-state index contributed by atoms with van der Waals surface area (Å²) in [5.74, 6) is 2.03. The van der Waals surface area contributed by atoms with Crippen molar-refractivity contribution in [1.29, 1.82) is 0 Å². The Kier molecular flexibility index (Phi) is 1.76. The number of rotatable bonds is 3. The van der Waals surface area contributed by atoms with Crippen LogP contribution in [0.1, 0.15) is 25.0 Å². The van der Waals surface area contributed by atoms with Crippen molar-refractivity contribution in [3.8, 4) is 0 Å². The Morgan fingerprint density at radius 1 is 1.43 bits per heavy atom. The molecule has 0 radical (unpaired) electrons. The molecule has 1 aromatic heterocycles. The lowest BCUT2D eigenvalue weighted by Crippen LogP contribution is -2.05. The minimum Gasteiger partial charge on any atom is -0.382 e. The first-order valence-electron chi connectivity index (χ1n) is 5.52. The molecule has 0 saturated heterocycles. The molecule has 2 atom stereocenters. The van der Waals surface area contributed by atoms with E-state index >= 15 is 0 Å². The third-order valence-electron chi connectivity index (χ3n) is 3.32. The van der Waals surface area contributed by atoms with Gasteiger partial charge in [0.15, 0.2) is 0 Å². The van der Waals surface area contributed by atoms with Crippen LogP contribution in [0, 0.1) is 18.8 Å². The van der Waals surface area contributed by atoms with Gasteiger partial charge in [-0.3, -0.25) is 4.98 Å². The van der Waals surface area contributed by atoms with E-state index in [0.29, 0.717) is 0 Å². The topological polar surface area (TPSA) is 24.9 Å². The average molecular weight is 188 g/mol. The molecule has 2 heteroatoms. The fourth-order valence-corrected chi connectivity index (χ4v) is 2.28. The van der Waals surface area contributed by atoms with Crippen molar-refractivity contribution >= 4 is 5.69 Å². The number of anilines is 1. The van der Waals surface area contributed by atoms with Gasteiger partial charge in [-0.25, -0.2) is 0 Å². The lowest BCUT2D eigenvalue weighted by atomic mass is 10.2. The number of pyridine rings is 1. The molecule has 2 aliphatic rings. The van der Waals surface area contributed by atoms with E-state index in [2.05, 4.69) is 22.4 Å². The van der Waals surface area contributed by atoms with E-state index in [1.165, 1.54) is 24.9 Å². The SMILES string of the molecule is Cc1cc(NC2CC2C2CC2)ccn1.